The molecule has 4 rings (SSSR count). The molecule has 0 aliphatic heterocycles. The molecule has 170 valence electrons. The number of anilines is 1. The molecule has 1 aliphatic rings. The summed E-state index contributed by atoms with van der Waals surface area (Å²) in [5.41, 5.74) is 4.82. The zero-order valence-corrected chi connectivity index (χ0v) is 19.5. The third-order valence-electron chi connectivity index (χ3n) is 6.78. The van der Waals surface area contributed by atoms with Gasteiger partial charge in [-0.25, -0.2) is 0 Å². The molecule has 1 fully saturated rings. The molecule has 3 aromatic rings. The number of carbonyl (C=O) groups is 1. The lowest BCUT2D eigenvalue weighted by molar-refractivity contribution is -0.123. The minimum Gasteiger partial charge on any atom is -0.378 e. The van der Waals surface area contributed by atoms with Crippen LogP contribution >= 0.6 is 0 Å². The average molecular weight is 433 g/mol. The van der Waals surface area contributed by atoms with Gasteiger partial charge in [0.2, 0.25) is 5.91 Å². The van der Waals surface area contributed by atoms with Gasteiger partial charge in [0.15, 0.2) is 0 Å². The van der Waals surface area contributed by atoms with Gasteiger partial charge in [0.25, 0.3) is 0 Å². The van der Waals surface area contributed by atoms with Gasteiger partial charge >= 0.3 is 0 Å². The highest BCUT2D eigenvalue weighted by atomic mass is 16.2. The first-order chi connectivity index (χ1) is 15.5. The Morgan fingerprint density at radius 1 is 1.06 bits per heavy atom. The minimum atomic E-state index is -0.231. The SMILES string of the molecule is C[C@H](NC[C@@H](c1ccc(N(C)C)cc1)c1c[nH]c2ccccc12)C(=O)NC1CCCCC1. The standard InChI is InChI=1S/C27H36N4O/c1-19(27(32)30-21-9-5-4-6-10-21)28-17-24(20-13-15-22(16-14-20)31(2)3)25-18-29-26-12-8-7-11-23(25)26/h7-8,11-16,18-19,21,24,28-29H,4-6,9-10,17H2,1-3H3,(H,30,32)/t19-,24-/m0/s1. The van der Waals surface area contributed by atoms with Gasteiger partial charge in [-0.2, -0.15) is 0 Å². The number of nitrogens with zero attached hydrogens (tertiary/aromatic N) is 1. The summed E-state index contributed by atoms with van der Waals surface area (Å²) in [5.74, 6) is 0.254. The van der Waals surface area contributed by atoms with Crippen molar-refractivity contribution in [2.45, 2.75) is 57.0 Å². The molecule has 2 aromatic carbocycles. The van der Waals surface area contributed by atoms with E-state index in [-0.39, 0.29) is 17.9 Å². The molecule has 0 radical (unpaired) electrons. The van der Waals surface area contributed by atoms with Crippen LogP contribution in [0.5, 0.6) is 0 Å². The van der Waals surface area contributed by atoms with Gasteiger partial charge in [-0.15, -0.1) is 0 Å². The summed E-state index contributed by atoms with van der Waals surface area (Å²) in [6.45, 7) is 2.67. The lowest BCUT2D eigenvalue weighted by Crippen LogP contribution is -2.47. The van der Waals surface area contributed by atoms with Crippen molar-refractivity contribution in [3.8, 4) is 0 Å². The number of fused-ring (bicyclic) bond motifs is 1. The highest BCUT2D eigenvalue weighted by Gasteiger charge is 2.23. The van der Waals surface area contributed by atoms with Crippen molar-refractivity contribution in [3.63, 3.8) is 0 Å². The Morgan fingerprint density at radius 2 is 1.78 bits per heavy atom. The van der Waals surface area contributed by atoms with Gasteiger partial charge in [0.1, 0.15) is 0 Å². The van der Waals surface area contributed by atoms with Crippen LogP contribution in [0.2, 0.25) is 0 Å². The number of carbonyl (C=O) groups excluding carboxylic acids is 1. The van der Waals surface area contributed by atoms with Crippen molar-refractivity contribution in [2.75, 3.05) is 25.5 Å². The Balaban J connectivity index is 1.52. The second-order valence-corrected chi connectivity index (χ2v) is 9.30. The lowest BCUT2D eigenvalue weighted by Gasteiger charge is -2.26. The number of hydrogen-bond acceptors (Lipinski definition) is 3. The number of aromatic amines is 1. The number of nitrogens with one attached hydrogen (secondary N) is 3. The molecule has 1 heterocycles. The lowest BCUT2D eigenvalue weighted by atomic mass is 9.90. The number of rotatable bonds is 8. The highest BCUT2D eigenvalue weighted by Crippen LogP contribution is 2.31. The van der Waals surface area contributed by atoms with E-state index < -0.39 is 0 Å². The number of aromatic nitrogens is 1. The van der Waals surface area contributed by atoms with Gasteiger partial charge in [-0.05, 0) is 49.1 Å². The second-order valence-electron chi connectivity index (χ2n) is 9.30. The number of H-pyrrole nitrogens is 1. The highest BCUT2D eigenvalue weighted by molar-refractivity contribution is 5.84. The largest absolute Gasteiger partial charge is 0.378 e. The molecule has 5 heteroatoms. The van der Waals surface area contributed by atoms with Crippen LogP contribution in [0.4, 0.5) is 5.69 Å². The van der Waals surface area contributed by atoms with Gasteiger partial charge < -0.3 is 20.5 Å². The third kappa shape index (κ3) is 5.16. The van der Waals surface area contributed by atoms with Crippen molar-refractivity contribution < 1.29 is 4.79 Å². The van der Waals surface area contributed by atoms with Crippen LogP contribution < -0.4 is 15.5 Å². The smallest absolute Gasteiger partial charge is 0.237 e. The van der Waals surface area contributed by atoms with Crippen LogP contribution in [0.15, 0.2) is 54.7 Å². The van der Waals surface area contributed by atoms with Crippen molar-refractivity contribution in [2.24, 2.45) is 0 Å². The minimum absolute atomic E-state index is 0.109. The number of amides is 1. The maximum atomic E-state index is 12.8. The van der Waals surface area contributed by atoms with Crippen molar-refractivity contribution in [1.82, 2.24) is 15.6 Å². The van der Waals surface area contributed by atoms with Crippen LogP contribution in [0, 0.1) is 0 Å². The zero-order valence-electron chi connectivity index (χ0n) is 19.5. The molecule has 1 amide bonds. The van der Waals surface area contributed by atoms with E-state index in [4.69, 9.17) is 0 Å². The normalized spacial score (nSPS) is 16.6. The van der Waals surface area contributed by atoms with Gasteiger partial charge in [0.05, 0.1) is 6.04 Å². The molecule has 1 aromatic heterocycles. The first kappa shape index (κ1) is 22.4. The molecule has 5 nitrogen and oxygen atoms in total. The van der Waals surface area contributed by atoms with Crippen molar-refractivity contribution >= 4 is 22.5 Å². The predicted octanol–water partition coefficient (Wildman–Crippen LogP) is 4.79. The Bertz CT molecular complexity index is 1020. The first-order valence-electron chi connectivity index (χ1n) is 11.9. The molecule has 0 saturated heterocycles. The Hall–Kier alpha value is -2.79. The third-order valence-corrected chi connectivity index (χ3v) is 6.78. The predicted molar refractivity (Wildman–Crippen MR) is 133 cm³/mol. The number of benzene rings is 2. The summed E-state index contributed by atoms with van der Waals surface area (Å²) < 4.78 is 0. The van der Waals surface area contributed by atoms with Crippen molar-refractivity contribution in [3.05, 3.63) is 65.9 Å². The van der Waals surface area contributed by atoms with Gasteiger partial charge in [-0.1, -0.05) is 49.6 Å². The zero-order chi connectivity index (χ0) is 22.5. The number of hydrogen-bond donors (Lipinski definition) is 3. The molecule has 0 bridgehead atoms. The summed E-state index contributed by atoms with van der Waals surface area (Å²) in [4.78, 5) is 18.3. The maximum absolute atomic E-state index is 12.8. The van der Waals surface area contributed by atoms with Crippen LogP contribution in [0.25, 0.3) is 10.9 Å². The van der Waals surface area contributed by atoms with Gasteiger partial charge in [-0.3, -0.25) is 4.79 Å². The fourth-order valence-electron chi connectivity index (χ4n) is 4.75. The molecule has 1 aliphatic carbocycles. The van der Waals surface area contributed by atoms with E-state index in [2.05, 4.69) is 89.3 Å². The Morgan fingerprint density at radius 3 is 2.50 bits per heavy atom. The molecular weight excluding hydrogens is 396 g/mol. The monoisotopic (exact) mass is 432 g/mol. The van der Waals surface area contributed by atoms with Crippen LogP contribution in [0.1, 0.15) is 56.1 Å². The maximum Gasteiger partial charge on any atom is 0.237 e. The van der Waals surface area contributed by atoms with Crippen LogP contribution in [0.3, 0.4) is 0 Å². The molecule has 0 spiro atoms. The Kier molecular flexibility index (Phi) is 7.15. The van der Waals surface area contributed by atoms with E-state index in [1.165, 1.54) is 41.5 Å². The summed E-state index contributed by atoms with van der Waals surface area (Å²) >= 11 is 0. The van der Waals surface area contributed by atoms with E-state index in [1.54, 1.807) is 0 Å². The first-order valence-corrected chi connectivity index (χ1v) is 11.9. The second kappa shape index (κ2) is 10.2. The van der Waals surface area contributed by atoms with Crippen molar-refractivity contribution in [1.29, 1.82) is 0 Å². The van der Waals surface area contributed by atoms with Crippen LogP contribution in [-0.2, 0) is 4.79 Å². The summed E-state index contributed by atoms with van der Waals surface area (Å²) in [7, 11) is 4.11. The summed E-state index contributed by atoms with van der Waals surface area (Å²) in [5, 5.41) is 8.01. The van der Waals surface area contributed by atoms with E-state index in [0.717, 1.165) is 18.4 Å². The molecule has 2 atom stereocenters. The summed E-state index contributed by atoms with van der Waals surface area (Å²) in [6, 6.07) is 17.3. The Labute approximate surface area is 191 Å². The van der Waals surface area contributed by atoms with Crippen LogP contribution in [-0.4, -0.2) is 43.6 Å². The van der Waals surface area contributed by atoms with E-state index in [0.29, 0.717) is 12.6 Å². The average Bonchev–Trinajstić information content (AvgIpc) is 3.24. The summed E-state index contributed by atoms with van der Waals surface area (Å²) in [6.07, 6.45) is 8.06. The quantitative estimate of drug-likeness (QED) is 0.479. The van der Waals surface area contributed by atoms with E-state index in [1.807, 2.05) is 6.92 Å². The van der Waals surface area contributed by atoms with E-state index >= 15 is 0 Å². The molecular formula is C27H36N4O. The molecule has 0 unspecified atom stereocenters. The topological polar surface area (TPSA) is 60.2 Å². The molecule has 3 N–H and O–H groups in total. The fraction of sp³-hybridized carbons (Fsp3) is 0.444. The fourth-order valence-corrected chi connectivity index (χ4v) is 4.75. The van der Waals surface area contributed by atoms with Gasteiger partial charge in [0, 0.05) is 55.4 Å². The number of para-hydroxylation sites is 1. The molecule has 32 heavy (non-hydrogen) atoms. The van der Waals surface area contributed by atoms with E-state index in [9.17, 15) is 4.79 Å². The molecule has 1 saturated carbocycles.